The summed E-state index contributed by atoms with van der Waals surface area (Å²) in [7, 11) is -3.49. The smallest absolute Gasteiger partial charge is 0.434 e. The lowest BCUT2D eigenvalue weighted by Gasteiger charge is -2.14. The van der Waals surface area contributed by atoms with Gasteiger partial charge in [-0.15, -0.1) is 0 Å². The number of aromatic nitrogens is 3. The molecule has 12 heteroatoms. The average Bonchev–Trinajstić information content (AvgIpc) is 3.52. The molecule has 0 aliphatic rings. The van der Waals surface area contributed by atoms with Gasteiger partial charge in [-0.05, 0) is 54.4 Å². The number of aliphatic hydroxyl groups excluding tert-OH is 1. The molecule has 2 aromatic heterocycles. The number of hydrogen-bond acceptors (Lipinski definition) is 6. The van der Waals surface area contributed by atoms with Gasteiger partial charge in [0.05, 0.1) is 17.2 Å². The largest absolute Gasteiger partial charge is 0.440 e. The van der Waals surface area contributed by atoms with Gasteiger partial charge in [-0.25, -0.2) is 18.4 Å². The summed E-state index contributed by atoms with van der Waals surface area (Å²) >= 11 is 6.08. The van der Waals surface area contributed by atoms with Crippen LogP contribution >= 0.6 is 11.6 Å². The Kier molecular flexibility index (Phi) is 7.54. The number of rotatable bonds is 7. The molecule has 1 N–H and O–H groups in total. The number of halogens is 4. The molecule has 5 rings (SSSR count). The van der Waals surface area contributed by atoms with E-state index in [0.29, 0.717) is 38.7 Å². The fraction of sp³-hybridized carbons (Fsp3) is 0.172. The molecule has 41 heavy (non-hydrogen) atoms. The van der Waals surface area contributed by atoms with E-state index in [2.05, 4.69) is 9.97 Å². The van der Waals surface area contributed by atoms with Gasteiger partial charge in [0.1, 0.15) is 11.5 Å². The number of hydrogen-bond donors (Lipinski definition) is 1. The van der Waals surface area contributed by atoms with Crippen LogP contribution in [0.15, 0.2) is 82.2 Å². The third kappa shape index (κ3) is 5.92. The highest BCUT2D eigenvalue weighted by Crippen LogP contribution is 2.40. The Bertz CT molecular complexity index is 1850. The van der Waals surface area contributed by atoms with Crippen molar-refractivity contribution in [2.75, 3.05) is 12.9 Å². The first-order valence-electron chi connectivity index (χ1n) is 12.3. The fourth-order valence-electron chi connectivity index (χ4n) is 4.42. The van der Waals surface area contributed by atoms with Gasteiger partial charge >= 0.3 is 6.18 Å². The fourth-order valence-corrected chi connectivity index (χ4v) is 5.21. The molecule has 0 radical (unpaired) electrons. The molecule has 2 heterocycles. The molecule has 0 saturated carbocycles. The number of nitrogens with zero attached hydrogens (tertiary/aromatic N) is 3. The Labute approximate surface area is 238 Å². The van der Waals surface area contributed by atoms with Crippen molar-refractivity contribution in [2.24, 2.45) is 0 Å². The van der Waals surface area contributed by atoms with Gasteiger partial charge in [-0.2, -0.15) is 13.2 Å². The van der Waals surface area contributed by atoms with Crippen LogP contribution in [-0.4, -0.2) is 40.9 Å². The summed E-state index contributed by atoms with van der Waals surface area (Å²) in [6, 6.07) is 18.2. The third-order valence-electron chi connectivity index (χ3n) is 6.38. The first kappa shape index (κ1) is 28.6. The summed E-state index contributed by atoms with van der Waals surface area (Å²) in [5, 5.41) is 10.0. The van der Waals surface area contributed by atoms with Gasteiger partial charge in [-0.3, -0.25) is 0 Å². The summed E-state index contributed by atoms with van der Waals surface area (Å²) in [5.41, 5.74) is 1.83. The zero-order valence-corrected chi connectivity index (χ0v) is 23.3. The van der Waals surface area contributed by atoms with Crippen molar-refractivity contribution in [3.8, 4) is 39.4 Å². The standard InChI is InChI=1S/C29H23ClF3N3O4S/c1-17-34-25(29(31,32)33)16-36(17)24-11-8-20(19-4-3-5-22(14-19)41(2,38)39)15-23(24)28-27(35-26(40-28)12-13-37)18-6-9-21(30)10-7-18/h3-11,14-16,37H,12-13H2,1-2H3. The number of sulfone groups is 1. The maximum Gasteiger partial charge on any atom is 0.434 e. The number of oxazole rings is 1. The van der Waals surface area contributed by atoms with Crippen LogP contribution in [0.5, 0.6) is 0 Å². The first-order valence-corrected chi connectivity index (χ1v) is 14.6. The number of benzene rings is 3. The maximum atomic E-state index is 13.6. The van der Waals surface area contributed by atoms with Crippen molar-refractivity contribution in [3.05, 3.63) is 95.4 Å². The van der Waals surface area contributed by atoms with E-state index in [-0.39, 0.29) is 35.4 Å². The Balaban J connectivity index is 1.79. The number of aliphatic hydroxyl groups is 1. The molecular weight excluding hydrogens is 579 g/mol. The van der Waals surface area contributed by atoms with E-state index >= 15 is 0 Å². The minimum Gasteiger partial charge on any atom is -0.440 e. The molecule has 0 aliphatic carbocycles. The zero-order chi connectivity index (χ0) is 29.5. The minimum absolute atomic E-state index is 0.0912. The summed E-state index contributed by atoms with van der Waals surface area (Å²) in [5.74, 6) is 0.559. The Hall–Kier alpha value is -3.93. The van der Waals surface area contributed by atoms with Crippen molar-refractivity contribution < 1.29 is 31.1 Å². The van der Waals surface area contributed by atoms with Gasteiger partial charge in [0.15, 0.2) is 27.2 Å². The maximum absolute atomic E-state index is 13.6. The van der Waals surface area contributed by atoms with Crippen LogP contribution < -0.4 is 0 Å². The molecule has 0 spiro atoms. The Morgan fingerprint density at radius 2 is 1.66 bits per heavy atom. The van der Waals surface area contributed by atoms with Crippen molar-refractivity contribution >= 4 is 21.4 Å². The second kappa shape index (κ2) is 10.8. The first-order chi connectivity index (χ1) is 19.3. The van der Waals surface area contributed by atoms with E-state index in [9.17, 15) is 26.7 Å². The Morgan fingerprint density at radius 3 is 2.29 bits per heavy atom. The lowest BCUT2D eigenvalue weighted by atomic mass is 9.98. The summed E-state index contributed by atoms with van der Waals surface area (Å²) < 4.78 is 72.5. The van der Waals surface area contributed by atoms with E-state index in [1.54, 1.807) is 54.6 Å². The minimum atomic E-state index is -4.66. The van der Waals surface area contributed by atoms with Crippen LogP contribution in [0.25, 0.3) is 39.4 Å². The predicted octanol–water partition coefficient (Wildman–Crippen LogP) is 6.78. The molecule has 3 aromatic carbocycles. The van der Waals surface area contributed by atoms with Crippen LogP contribution in [0.2, 0.25) is 5.02 Å². The topological polar surface area (TPSA) is 98.2 Å². The SMILES string of the molecule is Cc1nc(C(F)(F)F)cn1-c1ccc(-c2cccc(S(C)(=O)=O)c2)cc1-c1oc(CCO)nc1-c1ccc(Cl)cc1. The van der Waals surface area contributed by atoms with Gasteiger partial charge < -0.3 is 14.1 Å². The molecule has 0 atom stereocenters. The van der Waals surface area contributed by atoms with Gasteiger partial charge in [0.25, 0.3) is 0 Å². The zero-order valence-electron chi connectivity index (χ0n) is 21.8. The highest BCUT2D eigenvalue weighted by Gasteiger charge is 2.35. The number of aryl methyl sites for hydroxylation is 1. The van der Waals surface area contributed by atoms with Crippen LogP contribution in [0.3, 0.4) is 0 Å². The van der Waals surface area contributed by atoms with E-state index in [1.165, 1.54) is 23.6 Å². The molecule has 5 aromatic rings. The van der Waals surface area contributed by atoms with Crippen molar-refractivity contribution in [1.29, 1.82) is 0 Å². The summed E-state index contributed by atoms with van der Waals surface area (Å²) in [6.45, 7) is 1.22. The van der Waals surface area contributed by atoms with Crippen molar-refractivity contribution in [2.45, 2.75) is 24.4 Å². The predicted molar refractivity (Wildman–Crippen MR) is 149 cm³/mol. The highest BCUT2D eigenvalue weighted by molar-refractivity contribution is 7.90. The molecule has 7 nitrogen and oxygen atoms in total. The van der Waals surface area contributed by atoms with Crippen LogP contribution in [0.1, 0.15) is 17.4 Å². The van der Waals surface area contributed by atoms with Crippen molar-refractivity contribution in [1.82, 2.24) is 14.5 Å². The molecule has 0 fully saturated rings. The molecule has 0 aliphatic heterocycles. The van der Waals surface area contributed by atoms with Crippen LogP contribution in [0.4, 0.5) is 13.2 Å². The second-order valence-electron chi connectivity index (χ2n) is 9.34. The van der Waals surface area contributed by atoms with E-state index in [4.69, 9.17) is 16.0 Å². The molecular formula is C29H23ClF3N3O4S. The van der Waals surface area contributed by atoms with Crippen LogP contribution in [0, 0.1) is 6.92 Å². The molecule has 0 amide bonds. The molecule has 0 unspecified atom stereocenters. The number of alkyl halides is 3. The van der Waals surface area contributed by atoms with Crippen LogP contribution in [-0.2, 0) is 22.4 Å². The lowest BCUT2D eigenvalue weighted by molar-refractivity contribution is -0.141. The normalized spacial score (nSPS) is 12.2. The van der Waals surface area contributed by atoms with E-state index in [0.717, 1.165) is 12.5 Å². The van der Waals surface area contributed by atoms with E-state index < -0.39 is 21.7 Å². The highest BCUT2D eigenvalue weighted by atomic mass is 35.5. The third-order valence-corrected chi connectivity index (χ3v) is 7.75. The number of imidazole rings is 1. The monoisotopic (exact) mass is 601 g/mol. The summed E-state index contributed by atoms with van der Waals surface area (Å²) in [4.78, 5) is 8.41. The average molecular weight is 602 g/mol. The quantitative estimate of drug-likeness (QED) is 0.221. The molecule has 212 valence electrons. The lowest BCUT2D eigenvalue weighted by Crippen LogP contribution is -2.05. The molecule has 0 saturated heterocycles. The van der Waals surface area contributed by atoms with Gasteiger partial charge in [-0.1, -0.05) is 41.9 Å². The van der Waals surface area contributed by atoms with E-state index in [1.807, 2.05) is 0 Å². The van der Waals surface area contributed by atoms with Gasteiger partial charge in [0.2, 0.25) is 0 Å². The second-order valence-corrected chi connectivity index (χ2v) is 11.8. The Morgan fingerprint density at radius 1 is 0.976 bits per heavy atom. The molecule has 0 bridgehead atoms. The summed E-state index contributed by atoms with van der Waals surface area (Å²) in [6.07, 6.45) is -2.53. The van der Waals surface area contributed by atoms with Crippen molar-refractivity contribution in [3.63, 3.8) is 0 Å². The van der Waals surface area contributed by atoms with Gasteiger partial charge in [0, 0.05) is 35.0 Å².